The summed E-state index contributed by atoms with van der Waals surface area (Å²) in [6, 6.07) is 3.29. The summed E-state index contributed by atoms with van der Waals surface area (Å²) in [5.74, 6) is -1.23. The molecular weight excluding hydrogens is 145 g/mol. The number of halogens is 1. The number of ether oxygens (including phenoxy) is 1. The van der Waals surface area contributed by atoms with Gasteiger partial charge in [0, 0.05) is 0 Å². The average molecular weight is 154 g/mol. The van der Waals surface area contributed by atoms with Crippen molar-refractivity contribution in [3.63, 3.8) is 0 Å². The van der Waals surface area contributed by atoms with E-state index in [1.54, 1.807) is 0 Å². The van der Waals surface area contributed by atoms with Crippen LogP contribution < -0.4 is 4.74 Å². The van der Waals surface area contributed by atoms with Gasteiger partial charge in [0.05, 0.1) is 17.7 Å². The van der Waals surface area contributed by atoms with Crippen molar-refractivity contribution in [1.29, 1.82) is 0 Å². The van der Waals surface area contributed by atoms with Crippen molar-refractivity contribution < 1.29 is 13.2 Å². The van der Waals surface area contributed by atoms with Gasteiger partial charge in [-0.05, 0) is 12.1 Å². The fourth-order valence-corrected chi connectivity index (χ4v) is 0.640. The molecule has 0 amide bonds. The summed E-state index contributed by atoms with van der Waals surface area (Å²) in [6.07, 6.45) is 0. The van der Waals surface area contributed by atoms with Crippen molar-refractivity contribution in [2.75, 3.05) is 7.04 Å². The lowest BCUT2D eigenvalue weighted by molar-refractivity contribution is 0.387. The Hall–Kier alpha value is -1.56. The first-order valence-corrected chi connectivity index (χ1v) is 2.78. The van der Waals surface area contributed by atoms with E-state index in [2.05, 4.69) is 9.58 Å². The average Bonchev–Trinajstić information content (AvgIpc) is 2.06. The first-order valence-electron chi connectivity index (χ1n) is 4.28. The third kappa shape index (κ3) is 1.47. The van der Waals surface area contributed by atoms with E-state index in [1.807, 2.05) is 0 Å². The third-order valence-corrected chi connectivity index (χ3v) is 1.15. The first kappa shape index (κ1) is 4.35. The van der Waals surface area contributed by atoms with Crippen LogP contribution in [0.5, 0.6) is 5.75 Å². The zero-order chi connectivity index (χ0) is 10.8. The first-order chi connectivity index (χ1) is 6.42. The quantitative estimate of drug-likeness (QED) is 0.566. The Morgan fingerprint density at radius 3 is 3.18 bits per heavy atom. The van der Waals surface area contributed by atoms with Crippen molar-refractivity contribution in [3.05, 3.63) is 35.4 Å². The van der Waals surface area contributed by atoms with Crippen LogP contribution in [0.15, 0.2) is 18.2 Å². The van der Waals surface area contributed by atoms with E-state index in [1.165, 1.54) is 6.07 Å². The molecule has 0 fully saturated rings. The van der Waals surface area contributed by atoms with Crippen molar-refractivity contribution in [2.45, 2.75) is 0 Å². The lowest BCUT2D eigenvalue weighted by Gasteiger charge is -2.00. The molecule has 0 spiro atoms. The molecule has 0 atom stereocenters. The van der Waals surface area contributed by atoms with Gasteiger partial charge in [0.2, 0.25) is 0 Å². The Morgan fingerprint density at radius 1 is 1.73 bits per heavy atom. The molecule has 3 heteroatoms. The van der Waals surface area contributed by atoms with E-state index in [9.17, 15) is 4.39 Å². The molecule has 56 valence electrons. The second-order valence-electron chi connectivity index (χ2n) is 1.83. The summed E-state index contributed by atoms with van der Waals surface area (Å²) in [5, 5.41) is 0. The molecule has 0 aromatic heterocycles. The smallest absolute Gasteiger partial charge is 0.191 e. The van der Waals surface area contributed by atoms with Gasteiger partial charge in [-0.3, -0.25) is 0 Å². The predicted octanol–water partition coefficient (Wildman–Crippen LogP) is 2.39. The van der Waals surface area contributed by atoms with E-state index in [0.717, 1.165) is 12.1 Å². The summed E-state index contributed by atoms with van der Waals surface area (Å²) in [6.45, 7) is 6.65. The molecule has 0 N–H and O–H groups in total. The lowest BCUT2D eigenvalue weighted by Crippen LogP contribution is -1.85. The van der Waals surface area contributed by atoms with Gasteiger partial charge in [-0.1, -0.05) is 6.07 Å². The second kappa shape index (κ2) is 3.02. The monoisotopic (exact) mass is 154 g/mol. The molecule has 1 rings (SSSR count). The summed E-state index contributed by atoms with van der Waals surface area (Å²) < 4.78 is 37.6. The maximum atomic E-state index is 13.0. The van der Waals surface area contributed by atoms with Crippen molar-refractivity contribution in [3.8, 4) is 5.75 Å². The number of hydrogen-bond donors (Lipinski definition) is 0. The summed E-state index contributed by atoms with van der Waals surface area (Å²) in [4.78, 5) is 3.02. The van der Waals surface area contributed by atoms with Gasteiger partial charge >= 0.3 is 0 Å². The van der Waals surface area contributed by atoms with Crippen LogP contribution in [-0.4, -0.2) is 7.04 Å². The molecule has 0 saturated carbocycles. The fraction of sp³-hybridized carbons (Fsp3) is 0.125. The summed E-state index contributed by atoms with van der Waals surface area (Å²) in [5.41, 5.74) is 0.130. The van der Waals surface area contributed by atoms with Gasteiger partial charge in [-0.15, -0.1) is 0 Å². The zero-order valence-corrected chi connectivity index (χ0v) is 5.47. The molecule has 11 heavy (non-hydrogen) atoms. The fourth-order valence-electron chi connectivity index (χ4n) is 0.640. The number of hydrogen-bond acceptors (Lipinski definition) is 1. The molecule has 2 nitrogen and oxygen atoms in total. The van der Waals surface area contributed by atoms with Gasteiger partial charge in [-0.2, -0.15) is 0 Å². The van der Waals surface area contributed by atoms with Crippen LogP contribution >= 0.6 is 0 Å². The van der Waals surface area contributed by atoms with E-state index in [0.29, 0.717) is 0 Å². The van der Waals surface area contributed by atoms with Crippen molar-refractivity contribution in [1.82, 2.24) is 0 Å². The van der Waals surface area contributed by atoms with Crippen molar-refractivity contribution in [2.24, 2.45) is 0 Å². The second-order valence-corrected chi connectivity index (χ2v) is 1.83. The molecule has 0 heterocycles. The Morgan fingerprint density at radius 2 is 2.55 bits per heavy atom. The number of rotatable bonds is 1. The number of benzene rings is 1. The summed E-state index contributed by atoms with van der Waals surface area (Å²) in [7, 11) is -2.71. The molecule has 0 aliphatic rings. The largest absolute Gasteiger partial charge is 0.495 e. The van der Waals surface area contributed by atoms with Crippen LogP contribution in [0.3, 0.4) is 0 Å². The van der Waals surface area contributed by atoms with Gasteiger partial charge in [0.25, 0.3) is 0 Å². The van der Waals surface area contributed by atoms with Crippen LogP contribution in [0.1, 0.15) is 4.11 Å². The number of methoxy groups -OCH3 is 1. The van der Waals surface area contributed by atoms with E-state index in [4.69, 9.17) is 10.7 Å². The van der Waals surface area contributed by atoms with E-state index < -0.39 is 18.6 Å². The molecule has 0 unspecified atom stereocenters. The Kier molecular flexibility index (Phi) is 1.19. The normalized spacial score (nSPS) is 14.0. The van der Waals surface area contributed by atoms with E-state index >= 15 is 0 Å². The van der Waals surface area contributed by atoms with Crippen LogP contribution in [0.2, 0.25) is 0 Å². The highest BCUT2D eigenvalue weighted by Crippen LogP contribution is 2.22. The van der Waals surface area contributed by atoms with Crippen LogP contribution in [0.4, 0.5) is 10.1 Å². The minimum atomic E-state index is -2.71. The minimum Gasteiger partial charge on any atom is -0.495 e. The third-order valence-electron chi connectivity index (χ3n) is 1.15. The molecule has 0 bridgehead atoms. The van der Waals surface area contributed by atoms with Gasteiger partial charge in [0.1, 0.15) is 5.75 Å². The predicted molar refractivity (Wildman–Crippen MR) is 39.2 cm³/mol. The summed E-state index contributed by atoms with van der Waals surface area (Å²) >= 11 is 0. The van der Waals surface area contributed by atoms with Crippen LogP contribution in [0.25, 0.3) is 4.85 Å². The van der Waals surface area contributed by atoms with Crippen LogP contribution in [0, 0.1) is 12.4 Å². The molecule has 0 saturated heterocycles. The Bertz CT molecular complexity index is 383. The molecular formula is C8H6FNO. The Balaban J connectivity index is 3.03. The molecule has 0 aliphatic carbocycles. The topological polar surface area (TPSA) is 13.6 Å². The highest BCUT2D eigenvalue weighted by atomic mass is 19.1. The molecule has 0 aliphatic heterocycles. The molecule has 1 aromatic rings. The maximum absolute atomic E-state index is 13.0. The van der Waals surface area contributed by atoms with Gasteiger partial charge in [-0.25, -0.2) is 9.24 Å². The minimum absolute atomic E-state index is 0.130. The highest BCUT2D eigenvalue weighted by molar-refractivity contribution is 5.49. The van der Waals surface area contributed by atoms with Crippen molar-refractivity contribution >= 4 is 5.69 Å². The SMILES string of the molecule is [2H]C([2H])([2H])Oc1cc([N+]#[C-])ccc1F. The number of nitrogens with zero attached hydrogens (tertiary/aromatic N) is 1. The lowest BCUT2D eigenvalue weighted by atomic mass is 10.3. The molecule has 0 radical (unpaired) electrons. The van der Waals surface area contributed by atoms with Gasteiger partial charge in [0.15, 0.2) is 11.5 Å². The van der Waals surface area contributed by atoms with E-state index in [-0.39, 0.29) is 5.69 Å². The van der Waals surface area contributed by atoms with Gasteiger partial charge < -0.3 is 4.74 Å². The maximum Gasteiger partial charge on any atom is 0.191 e. The highest BCUT2D eigenvalue weighted by Gasteiger charge is 2.01. The van der Waals surface area contributed by atoms with Crippen LogP contribution in [-0.2, 0) is 0 Å². The Labute approximate surface area is 68.3 Å². The standard InChI is InChI=1S/C8H6FNO/c1-10-6-3-4-7(9)8(5-6)11-2/h3-5H,2H3/i2D3. The molecule has 1 aromatic carbocycles. The zero-order valence-electron chi connectivity index (χ0n) is 8.47.